The van der Waals surface area contributed by atoms with Gasteiger partial charge in [-0.05, 0) is 54.7 Å². The minimum atomic E-state index is -0.522. The summed E-state index contributed by atoms with van der Waals surface area (Å²) in [5.74, 6) is 0.605. The average Bonchev–Trinajstić information content (AvgIpc) is 2.80. The number of methoxy groups -OCH3 is 1. The van der Waals surface area contributed by atoms with Crippen LogP contribution < -0.4 is 10.1 Å². The molecule has 1 atom stereocenters. The number of hydrogen-bond donors (Lipinski definition) is 1. The van der Waals surface area contributed by atoms with Crippen molar-refractivity contribution < 1.29 is 14.3 Å². The molecular weight excluding hydrogens is 424 g/mol. The van der Waals surface area contributed by atoms with E-state index in [2.05, 4.69) is 5.32 Å². The molecule has 1 aliphatic carbocycles. The van der Waals surface area contributed by atoms with Crippen molar-refractivity contribution in [2.75, 3.05) is 7.11 Å². The summed E-state index contributed by atoms with van der Waals surface area (Å²) in [7, 11) is 1.62. The Hall–Kier alpha value is -2.53. The molecule has 1 aliphatic rings. The Bertz CT molecular complexity index is 894. The van der Waals surface area contributed by atoms with Crippen LogP contribution in [0.25, 0.3) is 0 Å². The van der Waals surface area contributed by atoms with Crippen molar-refractivity contribution in [1.29, 1.82) is 0 Å². The van der Waals surface area contributed by atoms with Gasteiger partial charge in [0.05, 0.1) is 13.5 Å². The lowest BCUT2D eigenvalue weighted by Crippen LogP contribution is -2.51. The molecule has 1 N–H and O–H groups in total. The minimum Gasteiger partial charge on any atom is -0.497 e. The number of amides is 2. The highest BCUT2D eigenvalue weighted by Gasteiger charge is 2.30. The van der Waals surface area contributed by atoms with Gasteiger partial charge in [0.25, 0.3) is 0 Å². The molecule has 32 heavy (non-hydrogen) atoms. The summed E-state index contributed by atoms with van der Waals surface area (Å²) in [6.45, 7) is 2.32. The minimum absolute atomic E-state index is 0.0626. The second kappa shape index (κ2) is 11.9. The fraction of sp³-hybridized carbons (Fsp3) is 0.462. The van der Waals surface area contributed by atoms with Gasteiger partial charge in [0.2, 0.25) is 11.8 Å². The molecule has 0 aliphatic heterocycles. The molecule has 2 aromatic carbocycles. The standard InChI is InChI=1S/C26H33ClN2O3/c1-3-24(26(31)28-22-10-5-4-6-11-22)29(18-19-12-14-23(32-2)15-13-19)25(30)17-20-8-7-9-21(27)16-20/h7-9,12-16,22,24H,3-6,10-11,17-18H2,1-2H3,(H,28,31). The Balaban J connectivity index is 1.80. The summed E-state index contributed by atoms with van der Waals surface area (Å²) in [5.41, 5.74) is 1.79. The van der Waals surface area contributed by atoms with Crippen LogP contribution in [0.15, 0.2) is 48.5 Å². The average molecular weight is 457 g/mol. The third-order valence-corrected chi connectivity index (χ3v) is 6.33. The molecule has 2 amide bonds. The number of carbonyl (C=O) groups excluding carboxylic acids is 2. The normalized spacial score (nSPS) is 15.1. The first-order valence-corrected chi connectivity index (χ1v) is 11.8. The summed E-state index contributed by atoms with van der Waals surface area (Å²) in [4.78, 5) is 28.4. The van der Waals surface area contributed by atoms with E-state index in [1.165, 1.54) is 6.42 Å². The molecular formula is C26H33ClN2O3. The van der Waals surface area contributed by atoms with Gasteiger partial charge in [-0.25, -0.2) is 0 Å². The molecule has 0 radical (unpaired) electrons. The first-order valence-electron chi connectivity index (χ1n) is 11.5. The van der Waals surface area contributed by atoms with Crippen molar-refractivity contribution >= 4 is 23.4 Å². The van der Waals surface area contributed by atoms with Crippen LogP contribution in [0.1, 0.15) is 56.6 Å². The van der Waals surface area contributed by atoms with Gasteiger partial charge in [0.15, 0.2) is 0 Å². The molecule has 172 valence electrons. The highest BCUT2D eigenvalue weighted by Crippen LogP contribution is 2.21. The topological polar surface area (TPSA) is 58.6 Å². The number of halogens is 1. The molecule has 3 rings (SSSR count). The highest BCUT2D eigenvalue weighted by atomic mass is 35.5. The van der Waals surface area contributed by atoms with Gasteiger partial charge >= 0.3 is 0 Å². The number of benzene rings is 2. The maximum atomic E-state index is 13.4. The van der Waals surface area contributed by atoms with E-state index in [0.717, 1.165) is 42.6 Å². The molecule has 1 saturated carbocycles. The largest absolute Gasteiger partial charge is 0.497 e. The van der Waals surface area contributed by atoms with Gasteiger partial charge in [0, 0.05) is 17.6 Å². The summed E-state index contributed by atoms with van der Waals surface area (Å²) < 4.78 is 5.25. The zero-order valence-electron chi connectivity index (χ0n) is 19.0. The fourth-order valence-corrected chi connectivity index (χ4v) is 4.53. The molecule has 0 bridgehead atoms. The van der Waals surface area contributed by atoms with Crippen LogP contribution in [-0.4, -0.2) is 35.9 Å². The first kappa shape index (κ1) is 24.1. The van der Waals surface area contributed by atoms with Crippen molar-refractivity contribution in [2.24, 2.45) is 0 Å². The lowest BCUT2D eigenvalue weighted by Gasteiger charge is -2.33. The summed E-state index contributed by atoms with van der Waals surface area (Å²) in [5, 5.41) is 3.80. The number of ether oxygens (including phenoxy) is 1. The zero-order chi connectivity index (χ0) is 22.9. The Kier molecular flexibility index (Phi) is 8.98. The zero-order valence-corrected chi connectivity index (χ0v) is 19.7. The Morgan fingerprint density at radius 2 is 1.81 bits per heavy atom. The molecule has 0 spiro atoms. The fourth-order valence-electron chi connectivity index (χ4n) is 4.31. The van der Waals surface area contributed by atoms with Crippen molar-refractivity contribution in [2.45, 2.75) is 70.5 Å². The number of rotatable bonds is 9. The molecule has 0 saturated heterocycles. The Morgan fingerprint density at radius 3 is 2.44 bits per heavy atom. The summed E-state index contributed by atoms with van der Waals surface area (Å²) in [6.07, 6.45) is 6.29. The van der Waals surface area contributed by atoms with Crippen LogP contribution in [0.3, 0.4) is 0 Å². The molecule has 5 nitrogen and oxygen atoms in total. The van der Waals surface area contributed by atoms with Gasteiger partial charge in [-0.15, -0.1) is 0 Å². The summed E-state index contributed by atoms with van der Waals surface area (Å²) in [6, 6.07) is 14.6. The third kappa shape index (κ3) is 6.73. The maximum Gasteiger partial charge on any atom is 0.243 e. The second-order valence-electron chi connectivity index (χ2n) is 8.44. The predicted octanol–water partition coefficient (Wildman–Crippen LogP) is 5.15. The van der Waals surface area contributed by atoms with Crippen LogP contribution in [-0.2, 0) is 22.6 Å². The van der Waals surface area contributed by atoms with E-state index in [1.54, 1.807) is 24.1 Å². The highest BCUT2D eigenvalue weighted by molar-refractivity contribution is 6.30. The SMILES string of the molecule is CCC(C(=O)NC1CCCCC1)N(Cc1ccc(OC)cc1)C(=O)Cc1cccc(Cl)c1. The van der Waals surface area contributed by atoms with E-state index < -0.39 is 6.04 Å². The lowest BCUT2D eigenvalue weighted by molar-refractivity contribution is -0.141. The molecule has 6 heteroatoms. The molecule has 0 heterocycles. The van der Waals surface area contributed by atoms with E-state index in [9.17, 15) is 9.59 Å². The van der Waals surface area contributed by atoms with Crippen molar-refractivity contribution in [3.8, 4) is 5.75 Å². The van der Waals surface area contributed by atoms with Crippen molar-refractivity contribution in [3.05, 3.63) is 64.7 Å². The van der Waals surface area contributed by atoms with E-state index >= 15 is 0 Å². The van der Waals surface area contributed by atoms with Gasteiger partial charge in [0.1, 0.15) is 11.8 Å². The van der Waals surface area contributed by atoms with Crippen molar-refractivity contribution in [1.82, 2.24) is 10.2 Å². The molecule has 1 unspecified atom stereocenters. The van der Waals surface area contributed by atoms with E-state index in [-0.39, 0.29) is 24.3 Å². The molecule has 1 fully saturated rings. The van der Waals surface area contributed by atoms with Crippen LogP contribution in [0.2, 0.25) is 5.02 Å². The molecule has 0 aromatic heterocycles. The van der Waals surface area contributed by atoms with E-state index in [4.69, 9.17) is 16.3 Å². The molecule has 2 aromatic rings. The van der Waals surface area contributed by atoms with Crippen LogP contribution in [0.4, 0.5) is 0 Å². The smallest absolute Gasteiger partial charge is 0.243 e. The Morgan fingerprint density at radius 1 is 1.09 bits per heavy atom. The van der Waals surface area contributed by atoms with Gasteiger partial charge in [-0.1, -0.05) is 62.1 Å². The van der Waals surface area contributed by atoms with E-state index in [1.807, 2.05) is 43.3 Å². The lowest BCUT2D eigenvalue weighted by atomic mass is 9.95. The van der Waals surface area contributed by atoms with Gasteiger partial charge in [-0.2, -0.15) is 0 Å². The van der Waals surface area contributed by atoms with Gasteiger partial charge < -0.3 is 15.0 Å². The Labute approximate surface area is 196 Å². The number of carbonyl (C=O) groups is 2. The number of hydrogen-bond acceptors (Lipinski definition) is 3. The van der Waals surface area contributed by atoms with Crippen molar-refractivity contribution in [3.63, 3.8) is 0 Å². The third-order valence-electron chi connectivity index (χ3n) is 6.09. The maximum absolute atomic E-state index is 13.4. The monoisotopic (exact) mass is 456 g/mol. The predicted molar refractivity (Wildman–Crippen MR) is 128 cm³/mol. The van der Waals surface area contributed by atoms with E-state index in [0.29, 0.717) is 18.0 Å². The first-order chi connectivity index (χ1) is 15.5. The van der Waals surface area contributed by atoms with Crippen LogP contribution >= 0.6 is 11.6 Å². The van der Waals surface area contributed by atoms with Crippen LogP contribution in [0.5, 0.6) is 5.75 Å². The number of nitrogens with zero attached hydrogens (tertiary/aromatic N) is 1. The quantitative estimate of drug-likeness (QED) is 0.567. The second-order valence-corrected chi connectivity index (χ2v) is 8.88. The van der Waals surface area contributed by atoms with Gasteiger partial charge in [-0.3, -0.25) is 9.59 Å². The van der Waals surface area contributed by atoms with Crippen LogP contribution in [0, 0.1) is 0 Å². The summed E-state index contributed by atoms with van der Waals surface area (Å²) >= 11 is 6.11. The number of nitrogens with one attached hydrogen (secondary N) is 1.